The summed E-state index contributed by atoms with van der Waals surface area (Å²) in [6, 6.07) is 6.67. The van der Waals surface area contributed by atoms with E-state index in [2.05, 4.69) is 5.32 Å². The Bertz CT molecular complexity index is 370. The van der Waals surface area contributed by atoms with Crippen LogP contribution in [0, 0.1) is 17.7 Å². The third-order valence-electron chi connectivity index (χ3n) is 3.74. The van der Waals surface area contributed by atoms with Gasteiger partial charge in [-0.15, -0.1) is 0 Å². The quantitative estimate of drug-likeness (QED) is 0.826. The molecular weight excluding hydrogens is 205 g/mol. The Morgan fingerprint density at radius 2 is 1.81 bits per heavy atom. The number of benzene rings is 1. The van der Waals surface area contributed by atoms with Gasteiger partial charge in [0.25, 0.3) is 0 Å². The number of para-hydroxylation sites is 1. The first-order chi connectivity index (χ1) is 7.83. The van der Waals surface area contributed by atoms with Crippen LogP contribution >= 0.6 is 0 Å². The molecule has 3 rings (SSSR count). The van der Waals surface area contributed by atoms with E-state index in [4.69, 9.17) is 4.74 Å². The molecule has 2 fully saturated rings. The van der Waals surface area contributed by atoms with Crippen LogP contribution in [0.1, 0.15) is 12.8 Å². The van der Waals surface area contributed by atoms with E-state index >= 15 is 0 Å². The van der Waals surface area contributed by atoms with Crippen molar-refractivity contribution in [2.24, 2.45) is 11.8 Å². The molecule has 3 heteroatoms. The van der Waals surface area contributed by atoms with E-state index in [1.165, 1.54) is 6.07 Å². The van der Waals surface area contributed by atoms with E-state index in [1.807, 2.05) is 6.07 Å². The molecule has 1 N–H and O–H groups in total. The van der Waals surface area contributed by atoms with Crippen LogP contribution in [0.4, 0.5) is 4.39 Å². The van der Waals surface area contributed by atoms with Crippen molar-refractivity contribution in [1.82, 2.24) is 5.32 Å². The minimum atomic E-state index is -0.252. The van der Waals surface area contributed by atoms with Gasteiger partial charge in [-0.2, -0.15) is 0 Å². The lowest BCUT2D eigenvalue weighted by atomic mass is 10.0. The fourth-order valence-electron chi connectivity index (χ4n) is 2.93. The van der Waals surface area contributed by atoms with Crippen LogP contribution in [0.25, 0.3) is 0 Å². The molecule has 16 heavy (non-hydrogen) atoms. The fraction of sp³-hybridized carbons (Fsp3) is 0.538. The Balaban J connectivity index is 1.66. The molecule has 1 saturated heterocycles. The minimum absolute atomic E-state index is 0.203. The molecule has 0 bridgehead atoms. The van der Waals surface area contributed by atoms with Crippen LogP contribution in [0.2, 0.25) is 0 Å². The minimum Gasteiger partial charge on any atom is -0.487 e. The summed E-state index contributed by atoms with van der Waals surface area (Å²) in [5.41, 5.74) is 0. The number of nitrogens with one attached hydrogen (secondary N) is 1. The molecule has 1 aromatic rings. The average molecular weight is 221 g/mol. The topological polar surface area (TPSA) is 21.3 Å². The summed E-state index contributed by atoms with van der Waals surface area (Å²) >= 11 is 0. The first kappa shape index (κ1) is 10.1. The highest BCUT2D eigenvalue weighted by molar-refractivity contribution is 5.24. The molecule has 1 saturated carbocycles. The number of hydrogen-bond donors (Lipinski definition) is 1. The Morgan fingerprint density at radius 1 is 1.12 bits per heavy atom. The average Bonchev–Trinajstić information content (AvgIpc) is 2.81. The van der Waals surface area contributed by atoms with Gasteiger partial charge in [0, 0.05) is 0 Å². The molecule has 2 nitrogen and oxygen atoms in total. The van der Waals surface area contributed by atoms with Gasteiger partial charge in [0.1, 0.15) is 0 Å². The molecule has 1 aromatic carbocycles. The third-order valence-corrected chi connectivity index (χ3v) is 3.74. The summed E-state index contributed by atoms with van der Waals surface area (Å²) in [5.74, 6) is 1.62. The van der Waals surface area contributed by atoms with Crippen LogP contribution in [0.5, 0.6) is 5.75 Å². The summed E-state index contributed by atoms with van der Waals surface area (Å²) in [4.78, 5) is 0. The van der Waals surface area contributed by atoms with E-state index in [0.29, 0.717) is 5.75 Å². The molecule has 1 aliphatic carbocycles. The van der Waals surface area contributed by atoms with Crippen LogP contribution in [-0.2, 0) is 0 Å². The lowest BCUT2D eigenvalue weighted by Gasteiger charge is -2.15. The van der Waals surface area contributed by atoms with Crippen molar-refractivity contribution in [3.8, 4) is 5.75 Å². The smallest absolute Gasteiger partial charge is 0.165 e. The number of rotatable bonds is 2. The maximum Gasteiger partial charge on any atom is 0.165 e. The lowest BCUT2D eigenvalue weighted by Crippen LogP contribution is -2.18. The van der Waals surface area contributed by atoms with Crippen LogP contribution in [0.15, 0.2) is 24.3 Å². The second kappa shape index (κ2) is 4.06. The molecule has 0 spiro atoms. The maximum absolute atomic E-state index is 13.4. The van der Waals surface area contributed by atoms with Gasteiger partial charge >= 0.3 is 0 Å². The molecule has 2 aliphatic rings. The summed E-state index contributed by atoms with van der Waals surface area (Å²) in [6.45, 7) is 2.20. The maximum atomic E-state index is 13.4. The van der Waals surface area contributed by atoms with Gasteiger partial charge in [0.2, 0.25) is 0 Å². The van der Waals surface area contributed by atoms with Crippen LogP contribution in [-0.4, -0.2) is 19.2 Å². The Morgan fingerprint density at radius 3 is 2.50 bits per heavy atom. The monoisotopic (exact) mass is 221 g/mol. The highest BCUT2D eigenvalue weighted by Gasteiger charge is 2.38. The summed E-state index contributed by atoms with van der Waals surface area (Å²) < 4.78 is 19.1. The van der Waals surface area contributed by atoms with Crippen molar-refractivity contribution in [2.45, 2.75) is 18.9 Å². The van der Waals surface area contributed by atoms with Gasteiger partial charge in [-0.1, -0.05) is 12.1 Å². The van der Waals surface area contributed by atoms with Gasteiger partial charge in [0.15, 0.2) is 11.6 Å². The number of halogens is 1. The first-order valence-electron chi connectivity index (χ1n) is 5.95. The zero-order valence-corrected chi connectivity index (χ0v) is 9.16. The number of fused-ring (bicyclic) bond motifs is 1. The van der Waals surface area contributed by atoms with Gasteiger partial charge in [0.05, 0.1) is 6.10 Å². The summed E-state index contributed by atoms with van der Waals surface area (Å²) in [5, 5.41) is 3.39. The van der Waals surface area contributed by atoms with Gasteiger partial charge in [-0.25, -0.2) is 4.39 Å². The molecule has 1 aliphatic heterocycles. The molecule has 0 aromatic heterocycles. The predicted molar refractivity (Wildman–Crippen MR) is 59.9 cm³/mol. The Labute approximate surface area is 94.8 Å². The standard InChI is InChI=1S/C13H16FNO/c14-12-3-1-2-4-13(12)16-11-5-9-7-15-8-10(9)6-11/h1-4,9-11,15H,5-8H2/t9-,10?,11+/m0/s1. The molecule has 0 amide bonds. The largest absolute Gasteiger partial charge is 0.487 e. The Kier molecular flexibility index (Phi) is 2.56. The third kappa shape index (κ3) is 1.80. The number of hydrogen-bond acceptors (Lipinski definition) is 2. The van der Waals surface area contributed by atoms with Crippen molar-refractivity contribution in [2.75, 3.05) is 13.1 Å². The van der Waals surface area contributed by atoms with Crippen molar-refractivity contribution in [1.29, 1.82) is 0 Å². The van der Waals surface area contributed by atoms with E-state index in [-0.39, 0.29) is 11.9 Å². The zero-order valence-electron chi connectivity index (χ0n) is 9.16. The van der Waals surface area contributed by atoms with E-state index in [0.717, 1.165) is 37.8 Å². The molecule has 1 heterocycles. The van der Waals surface area contributed by atoms with Crippen molar-refractivity contribution >= 4 is 0 Å². The van der Waals surface area contributed by atoms with E-state index in [1.54, 1.807) is 12.1 Å². The summed E-state index contributed by atoms with van der Waals surface area (Å²) in [7, 11) is 0. The lowest BCUT2D eigenvalue weighted by molar-refractivity contribution is 0.191. The Hall–Kier alpha value is -1.09. The normalized spacial score (nSPS) is 32.7. The first-order valence-corrected chi connectivity index (χ1v) is 5.95. The van der Waals surface area contributed by atoms with Crippen LogP contribution in [0.3, 0.4) is 0 Å². The molecule has 1 unspecified atom stereocenters. The zero-order chi connectivity index (χ0) is 11.0. The summed E-state index contributed by atoms with van der Waals surface area (Å²) in [6.07, 6.45) is 2.33. The van der Waals surface area contributed by atoms with E-state index < -0.39 is 0 Å². The van der Waals surface area contributed by atoms with Crippen molar-refractivity contribution in [3.63, 3.8) is 0 Å². The fourth-order valence-corrected chi connectivity index (χ4v) is 2.93. The molecule has 86 valence electrons. The van der Waals surface area contributed by atoms with Gasteiger partial charge in [-0.3, -0.25) is 0 Å². The van der Waals surface area contributed by atoms with Gasteiger partial charge < -0.3 is 10.1 Å². The molecule has 0 radical (unpaired) electrons. The van der Waals surface area contributed by atoms with E-state index in [9.17, 15) is 4.39 Å². The van der Waals surface area contributed by atoms with Crippen molar-refractivity contribution in [3.05, 3.63) is 30.1 Å². The highest BCUT2D eigenvalue weighted by atomic mass is 19.1. The molecular formula is C13H16FNO. The predicted octanol–water partition coefficient (Wildman–Crippen LogP) is 2.20. The SMILES string of the molecule is Fc1ccccc1O[C@H]1CC2CNC[C@@H]2C1. The van der Waals surface area contributed by atoms with Crippen LogP contribution < -0.4 is 10.1 Å². The second-order valence-electron chi connectivity index (χ2n) is 4.82. The van der Waals surface area contributed by atoms with Gasteiger partial charge in [-0.05, 0) is 49.9 Å². The highest BCUT2D eigenvalue weighted by Crippen LogP contribution is 2.36. The molecule has 3 atom stereocenters. The van der Waals surface area contributed by atoms with Crippen molar-refractivity contribution < 1.29 is 9.13 Å². The second-order valence-corrected chi connectivity index (χ2v) is 4.82. The number of ether oxygens (including phenoxy) is 1.